The van der Waals surface area contributed by atoms with E-state index in [-0.39, 0.29) is 12.4 Å². The minimum atomic E-state index is 0. The first-order valence-electron chi connectivity index (χ1n) is 6.82. The molecule has 2 rings (SSSR count). The summed E-state index contributed by atoms with van der Waals surface area (Å²) in [7, 11) is 0. The highest BCUT2D eigenvalue weighted by molar-refractivity contribution is 5.85. The molecule has 1 heterocycles. The van der Waals surface area contributed by atoms with Gasteiger partial charge >= 0.3 is 0 Å². The van der Waals surface area contributed by atoms with Crippen LogP contribution in [0, 0.1) is 0 Å². The predicted octanol–water partition coefficient (Wildman–Crippen LogP) is 3.54. The van der Waals surface area contributed by atoms with Crippen molar-refractivity contribution in [2.45, 2.75) is 32.6 Å². The highest BCUT2D eigenvalue weighted by Gasteiger charge is 2.09. The maximum Gasteiger partial charge on any atom is 0.119 e. The van der Waals surface area contributed by atoms with Crippen molar-refractivity contribution in [3.05, 3.63) is 29.8 Å². The normalized spacial score (nSPS) is 16.1. The van der Waals surface area contributed by atoms with Gasteiger partial charge in [0, 0.05) is 6.54 Å². The van der Waals surface area contributed by atoms with Crippen LogP contribution in [0.2, 0.25) is 0 Å². The van der Waals surface area contributed by atoms with Crippen molar-refractivity contribution in [3.63, 3.8) is 0 Å². The molecular weight excluding hydrogens is 246 g/mol. The second kappa shape index (κ2) is 8.39. The molecule has 0 radical (unpaired) electrons. The van der Waals surface area contributed by atoms with E-state index in [9.17, 15) is 0 Å². The molecule has 0 spiro atoms. The molecular formula is C15H24ClNO. The Bertz CT molecular complexity index is 337. The first kappa shape index (κ1) is 15.3. The number of hydrogen-bond acceptors (Lipinski definition) is 2. The highest BCUT2D eigenvalue weighted by Crippen LogP contribution is 2.14. The average molecular weight is 270 g/mol. The van der Waals surface area contributed by atoms with Crippen molar-refractivity contribution in [2.24, 2.45) is 0 Å². The molecule has 1 aromatic carbocycles. The van der Waals surface area contributed by atoms with Crippen molar-refractivity contribution in [3.8, 4) is 5.75 Å². The summed E-state index contributed by atoms with van der Waals surface area (Å²) in [6.07, 6.45) is 5.18. The van der Waals surface area contributed by atoms with Gasteiger partial charge < -0.3 is 4.74 Å². The van der Waals surface area contributed by atoms with E-state index in [2.05, 4.69) is 36.1 Å². The fourth-order valence-corrected chi connectivity index (χ4v) is 2.33. The van der Waals surface area contributed by atoms with Gasteiger partial charge in [0.2, 0.25) is 0 Å². The minimum absolute atomic E-state index is 0. The zero-order valence-corrected chi connectivity index (χ0v) is 12.0. The van der Waals surface area contributed by atoms with Crippen LogP contribution in [0.4, 0.5) is 0 Å². The molecule has 0 atom stereocenters. The van der Waals surface area contributed by atoms with Crippen molar-refractivity contribution < 1.29 is 4.74 Å². The van der Waals surface area contributed by atoms with Gasteiger partial charge in [0.15, 0.2) is 0 Å². The third kappa shape index (κ3) is 4.87. The number of nitrogens with zero attached hydrogens (tertiary/aromatic N) is 1. The van der Waals surface area contributed by atoms with E-state index in [0.717, 1.165) is 25.3 Å². The molecule has 2 nitrogen and oxygen atoms in total. The lowest BCUT2D eigenvalue weighted by Gasteiger charge is -2.26. The van der Waals surface area contributed by atoms with Crippen LogP contribution in [-0.4, -0.2) is 31.1 Å². The lowest BCUT2D eigenvalue weighted by molar-refractivity contribution is 0.183. The number of piperidine rings is 1. The van der Waals surface area contributed by atoms with Gasteiger partial charge in [-0.15, -0.1) is 12.4 Å². The molecule has 0 aliphatic carbocycles. The molecule has 0 unspecified atom stereocenters. The Morgan fingerprint density at radius 2 is 1.94 bits per heavy atom. The molecule has 0 amide bonds. The second-order valence-electron chi connectivity index (χ2n) is 4.75. The van der Waals surface area contributed by atoms with E-state index in [0.29, 0.717) is 0 Å². The third-order valence-electron chi connectivity index (χ3n) is 3.43. The summed E-state index contributed by atoms with van der Waals surface area (Å²) in [5.41, 5.74) is 1.35. The molecule has 1 fully saturated rings. The van der Waals surface area contributed by atoms with E-state index in [4.69, 9.17) is 4.74 Å². The molecule has 102 valence electrons. The van der Waals surface area contributed by atoms with E-state index in [1.54, 1.807) is 0 Å². The van der Waals surface area contributed by atoms with E-state index in [1.807, 2.05) is 0 Å². The van der Waals surface area contributed by atoms with Crippen LogP contribution in [0.15, 0.2) is 24.3 Å². The van der Waals surface area contributed by atoms with Gasteiger partial charge in [-0.3, -0.25) is 4.90 Å². The summed E-state index contributed by atoms with van der Waals surface area (Å²) in [5, 5.41) is 0. The highest BCUT2D eigenvalue weighted by atomic mass is 35.5. The maximum atomic E-state index is 5.81. The quantitative estimate of drug-likeness (QED) is 0.811. The topological polar surface area (TPSA) is 12.5 Å². The van der Waals surface area contributed by atoms with E-state index < -0.39 is 0 Å². The summed E-state index contributed by atoms with van der Waals surface area (Å²) >= 11 is 0. The molecule has 1 saturated heterocycles. The Balaban J connectivity index is 0.00000162. The first-order chi connectivity index (χ1) is 8.38. The summed E-state index contributed by atoms with van der Waals surface area (Å²) in [6, 6.07) is 8.43. The molecule has 0 saturated carbocycles. The van der Waals surface area contributed by atoms with Crippen molar-refractivity contribution in [1.82, 2.24) is 4.90 Å². The van der Waals surface area contributed by atoms with Crippen LogP contribution < -0.4 is 4.74 Å². The van der Waals surface area contributed by atoms with Crippen molar-refractivity contribution in [1.29, 1.82) is 0 Å². The molecule has 3 heteroatoms. The third-order valence-corrected chi connectivity index (χ3v) is 3.43. The molecule has 1 aromatic rings. The van der Waals surface area contributed by atoms with Crippen molar-refractivity contribution in [2.75, 3.05) is 26.2 Å². The fraction of sp³-hybridized carbons (Fsp3) is 0.600. The molecule has 18 heavy (non-hydrogen) atoms. The Morgan fingerprint density at radius 3 is 2.67 bits per heavy atom. The maximum absolute atomic E-state index is 5.81. The van der Waals surface area contributed by atoms with Crippen LogP contribution in [0.1, 0.15) is 31.7 Å². The average Bonchev–Trinajstić information content (AvgIpc) is 2.40. The number of likely N-dealkylation sites (tertiary alicyclic amines) is 1. The van der Waals surface area contributed by atoms with E-state index >= 15 is 0 Å². The molecule has 1 aliphatic rings. The number of benzene rings is 1. The van der Waals surface area contributed by atoms with Crippen LogP contribution >= 0.6 is 12.4 Å². The SMILES string of the molecule is CCc1cccc(OCCN2CCCCC2)c1.Cl. The Kier molecular flexibility index (Phi) is 7.14. The van der Waals surface area contributed by atoms with Crippen molar-refractivity contribution >= 4 is 12.4 Å². The lowest BCUT2D eigenvalue weighted by atomic mass is 10.1. The number of halogens is 1. The van der Waals surface area contributed by atoms with Gasteiger partial charge in [0.05, 0.1) is 0 Å². The number of rotatable bonds is 5. The summed E-state index contributed by atoms with van der Waals surface area (Å²) in [5.74, 6) is 1.02. The number of ether oxygens (including phenoxy) is 1. The van der Waals surface area contributed by atoms with Gasteiger partial charge in [-0.05, 0) is 50.0 Å². The molecule has 0 aromatic heterocycles. The minimum Gasteiger partial charge on any atom is -0.492 e. The first-order valence-corrected chi connectivity index (χ1v) is 6.82. The Labute approximate surface area is 117 Å². The zero-order valence-electron chi connectivity index (χ0n) is 11.2. The summed E-state index contributed by atoms with van der Waals surface area (Å²) < 4.78 is 5.81. The smallest absolute Gasteiger partial charge is 0.119 e. The van der Waals surface area contributed by atoms with Crippen LogP contribution in [0.25, 0.3) is 0 Å². The molecule has 0 N–H and O–H groups in total. The van der Waals surface area contributed by atoms with Gasteiger partial charge in [0.1, 0.15) is 12.4 Å². The lowest BCUT2D eigenvalue weighted by Crippen LogP contribution is -2.33. The molecule has 1 aliphatic heterocycles. The van der Waals surface area contributed by atoms with Crippen LogP contribution in [-0.2, 0) is 6.42 Å². The van der Waals surface area contributed by atoms with Gasteiger partial charge in [0.25, 0.3) is 0 Å². The standard InChI is InChI=1S/C15H23NO.ClH/c1-2-14-7-6-8-15(13-14)17-12-11-16-9-4-3-5-10-16;/h6-8,13H,2-5,9-12H2,1H3;1H. The van der Waals surface area contributed by atoms with Gasteiger partial charge in [-0.2, -0.15) is 0 Å². The summed E-state index contributed by atoms with van der Waals surface area (Å²) in [4.78, 5) is 2.51. The van der Waals surface area contributed by atoms with E-state index in [1.165, 1.54) is 37.9 Å². The summed E-state index contributed by atoms with van der Waals surface area (Å²) in [6.45, 7) is 6.55. The van der Waals surface area contributed by atoms with Gasteiger partial charge in [-0.25, -0.2) is 0 Å². The van der Waals surface area contributed by atoms with Crippen LogP contribution in [0.3, 0.4) is 0 Å². The zero-order chi connectivity index (χ0) is 11.9. The monoisotopic (exact) mass is 269 g/mol. The second-order valence-corrected chi connectivity index (χ2v) is 4.75. The van der Waals surface area contributed by atoms with Gasteiger partial charge in [-0.1, -0.05) is 25.5 Å². The Hall–Kier alpha value is -0.730. The Morgan fingerprint density at radius 1 is 1.17 bits per heavy atom. The fourth-order valence-electron chi connectivity index (χ4n) is 2.33. The number of aryl methyl sites for hydroxylation is 1. The largest absolute Gasteiger partial charge is 0.492 e. The number of hydrogen-bond donors (Lipinski definition) is 0. The predicted molar refractivity (Wildman–Crippen MR) is 78.9 cm³/mol. The molecule has 0 bridgehead atoms. The van der Waals surface area contributed by atoms with Crippen LogP contribution in [0.5, 0.6) is 5.75 Å².